The van der Waals surface area contributed by atoms with Gasteiger partial charge in [-0.05, 0) is 12.1 Å². The number of aryl methyl sites for hydroxylation is 1. The molecular weight excluding hydrogens is 214 g/mol. The molecule has 0 spiro atoms. The third-order valence-corrected chi connectivity index (χ3v) is 2.62. The van der Waals surface area contributed by atoms with E-state index in [1.807, 2.05) is 19.9 Å². The summed E-state index contributed by atoms with van der Waals surface area (Å²) in [5, 5.41) is 0. The van der Waals surface area contributed by atoms with Crippen molar-refractivity contribution in [3.8, 4) is 11.1 Å². The number of aromatic nitrogens is 3. The van der Waals surface area contributed by atoms with E-state index in [1.165, 1.54) is 0 Å². The van der Waals surface area contributed by atoms with E-state index < -0.39 is 0 Å². The van der Waals surface area contributed by atoms with E-state index >= 15 is 0 Å². The van der Waals surface area contributed by atoms with Gasteiger partial charge in [0.05, 0.1) is 5.56 Å². The van der Waals surface area contributed by atoms with Gasteiger partial charge in [-0.15, -0.1) is 0 Å². The third kappa shape index (κ3) is 2.25. The van der Waals surface area contributed by atoms with Gasteiger partial charge >= 0.3 is 0 Å². The van der Waals surface area contributed by atoms with Crippen LogP contribution in [0.25, 0.3) is 11.1 Å². The van der Waals surface area contributed by atoms with Gasteiger partial charge in [-0.1, -0.05) is 13.8 Å². The van der Waals surface area contributed by atoms with E-state index in [0.29, 0.717) is 11.5 Å². The summed E-state index contributed by atoms with van der Waals surface area (Å²) in [6, 6.07) is 3.63. The summed E-state index contributed by atoms with van der Waals surface area (Å²) in [5.41, 5.74) is 1.36. The average Bonchev–Trinajstić information content (AvgIpc) is 2.33. The predicted octanol–water partition coefficient (Wildman–Crippen LogP) is 1.97. The zero-order chi connectivity index (χ0) is 12.4. The van der Waals surface area contributed by atoms with Gasteiger partial charge in [-0.2, -0.15) is 0 Å². The Morgan fingerprint density at radius 1 is 1.24 bits per heavy atom. The maximum absolute atomic E-state index is 11.9. The van der Waals surface area contributed by atoms with E-state index in [2.05, 4.69) is 9.97 Å². The summed E-state index contributed by atoms with van der Waals surface area (Å²) >= 11 is 0. The average molecular weight is 229 g/mol. The number of pyridine rings is 1. The number of rotatable bonds is 2. The molecule has 0 amide bonds. The zero-order valence-electron chi connectivity index (χ0n) is 10.2. The summed E-state index contributed by atoms with van der Waals surface area (Å²) < 4.78 is 1.55. The lowest BCUT2D eigenvalue weighted by Crippen LogP contribution is -2.17. The number of hydrogen-bond donors (Lipinski definition) is 0. The van der Waals surface area contributed by atoms with Gasteiger partial charge in [0.25, 0.3) is 5.56 Å². The molecule has 0 aliphatic heterocycles. The molecular formula is C13H15N3O. The third-order valence-electron chi connectivity index (χ3n) is 2.62. The van der Waals surface area contributed by atoms with Gasteiger partial charge in [0.15, 0.2) is 0 Å². The molecule has 0 N–H and O–H groups in total. The van der Waals surface area contributed by atoms with Gasteiger partial charge in [0.2, 0.25) is 0 Å². The molecule has 0 aliphatic carbocycles. The molecule has 0 aliphatic rings. The standard InChI is InChI=1S/C13H15N3O/c1-9(2)12-14-7-10(8-15-12)11-5-4-6-16(3)13(11)17/h4-9H,1-3H3. The summed E-state index contributed by atoms with van der Waals surface area (Å²) in [5.74, 6) is 1.09. The minimum atomic E-state index is -0.0339. The molecule has 2 heterocycles. The molecule has 0 atom stereocenters. The Morgan fingerprint density at radius 2 is 1.88 bits per heavy atom. The first-order valence-corrected chi connectivity index (χ1v) is 5.57. The van der Waals surface area contributed by atoms with E-state index in [9.17, 15) is 4.79 Å². The van der Waals surface area contributed by atoms with Crippen LogP contribution in [0.15, 0.2) is 35.5 Å². The van der Waals surface area contributed by atoms with Crippen LogP contribution in [0, 0.1) is 0 Å². The van der Waals surface area contributed by atoms with Crippen molar-refractivity contribution in [3.63, 3.8) is 0 Å². The summed E-state index contributed by atoms with van der Waals surface area (Å²) in [6.45, 7) is 4.08. The van der Waals surface area contributed by atoms with Crippen LogP contribution < -0.4 is 5.56 Å². The maximum Gasteiger partial charge on any atom is 0.258 e. The summed E-state index contributed by atoms with van der Waals surface area (Å²) in [7, 11) is 1.73. The first kappa shape index (κ1) is 11.5. The molecule has 17 heavy (non-hydrogen) atoms. The molecule has 0 unspecified atom stereocenters. The summed E-state index contributed by atoms with van der Waals surface area (Å²) in [4.78, 5) is 20.4. The highest BCUT2D eigenvalue weighted by molar-refractivity contribution is 5.59. The Bertz CT molecular complexity index is 570. The molecule has 0 bridgehead atoms. The maximum atomic E-state index is 11.9. The van der Waals surface area contributed by atoms with Crippen molar-refractivity contribution in [2.45, 2.75) is 19.8 Å². The van der Waals surface area contributed by atoms with Crippen LogP contribution in [-0.4, -0.2) is 14.5 Å². The Balaban J connectivity index is 2.47. The van der Waals surface area contributed by atoms with Crippen LogP contribution in [0.1, 0.15) is 25.6 Å². The van der Waals surface area contributed by atoms with E-state index in [-0.39, 0.29) is 5.56 Å². The highest BCUT2D eigenvalue weighted by atomic mass is 16.1. The van der Waals surface area contributed by atoms with Crippen molar-refractivity contribution in [2.24, 2.45) is 7.05 Å². The zero-order valence-corrected chi connectivity index (χ0v) is 10.2. The van der Waals surface area contributed by atoms with Crippen molar-refractivity contribution in [2.75, 3.05) is 0 Å². The van der Waals surface area contributed by atoms with Crippen LogP contribution in [0.5, 0.6) is 0 Å². The largest absolute Gasteiger partial charge is 0.318 e. The minimum absolute atomic E-state index is 0.0339. The Hall–Kier alpha value is -1.97. The summed E-state index contributed by atoms with van der Waals surface area (Å²) in [6.07, 6.45) is 5.15. The minimum Gasteiger partial charge on any atom is -0.318 e. The molecule has 4 nitrogen and oxygen atoms in total. The second-order valence-electron chi connectivity index (χ2n) is 4.32. The van der Waals surface area contributed by atoms with E-state index in [4.69, 9.17) is 0 Å². The molecule has 88 valence electrons. The fraction of sp³-hybridized carbons (Fsp3) is 0.308. The fourth-order valence-corrected chi connectivity index (χ4v) is 1.59. The van der Waals surface area contributed by atoms with Gasteiger partial charge in [0, 0.05) is 37.1 Å². The quantitative estimate of drug-likeness (QED) is 0.791. The first-order valence-electron chi connectivity index (χ1n) is 5.57. The van der Waals surface area contributed by atoms with Crippen molar-refractivity contribution in [1.29, 1.82) is 0 Å². The monoisotopic (exact) mass is 229 g/mol. The smallest absolute Gasteiger partial charge is 0.258 e. The lowest BCUT2D eigenvalue weighted by Gasteiger charge is -2.05. The lowest BCUT2D eigenvalue weighted by molar-refractivity contribution is 0.774. The van der Waals surface area contributed by atoms with Crippen molar-refractivity contribution in [1.82, 2.24) is 14.5 Å². The second kappa shape index (κ2) is 4.49. The van der Waals surface area contributed by atoms with Crippen LogP contribution in [0.4, 0.5) is 0 Å². The van der Waals surface area contributed by atoms with Crippen molar-refractivity contribution < 1.29 is 0 Å². The SMILES string of the molecule is CC(C)c1ncc(-c2cccn(C)c2=O)cn1. The Kier molecular flexibility index (Phi) is 3.04. The van der Waals surface area contributed by atoms with Crippen LogP contribution in [0.2, 0.25) is 0 Å². The molecule has 4 heteroatoms. The molecule has 0 radical (unpaired) electrons. The topological polar surface area (TPSA) is 47.8 Å². The van der Waals surface area contributed by atoms with Crippen molar-refractivity contribution in [3.05, 3.63) is 46.9 Å². The normalized spacial score (nSPS) is 10.8. The van der Waals surface area contributed by atoms with Gasteiger partial charge < -0.3 is 4.57 Å². The van der Waals surface area contributed by atoms with Crippen LogP contribution in [0.3, 0.4) is 0 Å². The molecule has 0 saturated carbocycles. The molecule has 2 aromatic heterocycles. The Labute approximate surface area is 100.0 Å². The molecule has 0 saturated heterocycles. The van der Waals surface area contributed by atoms with Crippen LogP contribution in [-0.2, 0) is 7.05 Å². The van der Waals surface area contributed by atoms with Gasteiger partial charge in [-0.25, -0.2) is 9.97 Å². The van der Waals surface area contributed by atoms with Crippen molar-refractivity contribution >= 4 is 0 Å². The highest BCUT2D eigenvalue weighted by Crippen LogP contribution is 2.14. The fourth-order valence-electron chi connectivity index (χ4n) is 1.59. The molecule has 2 rings (SSSR count). The molecule has 2 aromatic rings. The predicted molar refractivity (Wildman–Crippen MR) is 66.8 cm³/mol. The lowest BCUT2D eigenvalue weighted by atomic mass is 10.1. The number of hydrogen-bond acceptors (Lipinski definition) is 3. The van der Waals surface area contributed by atoms with Crippen LogP contribution >= 0.6 is 0 Å². The molecule has 0 fully saturated rings. The first-order chi connectivity index (χ1) is 8.09. The number of nitrogens with zero attached hydrogens (tertiary/aromatic N) is 3. The van der Waals surface area contributed by atoms with E-state index in [1.54, 1.807) is 36.3 Å². The molecule has 0 aromatic carbocycles. The van der Waals surface area contributed by atoms with E-state index in [0.717, 1.165) is 11.4 Å². The van der Waals surface area contributed by atoms with Gasteiger partial charge in [0.1, 0.15) is 5.82 Å². The highest BCUT2D eigenvalue weighted by Gasteiger charge is 2.07. The Morgan fingerprint density at radius 3 is 2.47 bits per heavy atom. The second-order valence-corrected chi connectivity index (χ2v) is 4.32. The van der Waals surface area contributed by atoms with Gasteiger partial charge in [-0.3, -0.25) is 4.79 Å².